The number of hydrogen-bond acceptors (Lipinski definition) is 1. The predicted octanol–water partition coefficient (Wildman–Crippen LogP) is 3.29. The van der Waals surface area contributed by atoms with Crippen molar-refractivity contribution in [2.24, 2.45) is 5.41 Å². The predicted molar refractivity (Wildman–Crippen MR) is 64.9 cm³/mol. The van der Waals surface area contributed by atoms with E-state index in [0.717, 1.165) is 32.2 Å². The topological polar surface area (TPSA) is 12.0 Å². The van der Waals surface area contributed by atoms with Gasteiger partial charge in [-0.3, -0.25) is 0 Å². The van der Waals surface area contributed by atoms with Crippen molar-refractivity contribution in [2.75, 3.05) is 13.6 Å². The Morgan fingerprint density at radius 3 is 2.29 bits per heavy atom. The maximum Gasteiger partial charge on any atom is 0.129 e. The second-order valence-corrected chi connectivity index (χ2v) is 5.11. The Bertz CT molecular complexity index is 364. The van der Waals surface area contributed by atoms with Crippen molar-refractivity contribution in [2.45, 2.75) is 32.1 Å². The average Bonchev–Trinajstić information content (AvgIpc) is 2.73. The van der Waals surface area contributed by atoms with Gasteiger partial charge < -0.3 is 5.32 Å². The highest BCUT2D eigenvalue weighted by Crippen LogP contribution is 2.41. The van der Waals surface area contributed by atoms with Crippen LogP contribution in [0.15, 0.2) is 18.2 Å². The normalized spacial score (nSPS) is 18.5. The van der Waals surface area contributed by atoms with Crippen LogP contribution in [0, 0.1) is 17.0 Å². The molecule has 0 unspecified atom stereocenters. The molecule has 0 heterocycles. The van der Waals surface area contributed by atoms with Crippen molar-refractivity contribution in [3.05, 3.63) is 35.4 Å². The maximum atomic E-state index is 13.7. The first-order valence-electron chi connectivity index (χ1n) is 6.24. The smallest absolute Gasteiger partial charge is 0.129 e. The number of nitrogens with one attached hydrogen (secondary N) is 1. The van der Waals surface area contributed by atoms with E-state index < -0.39 is 11.6 Å². The van der Waals surface area contributed by atoms with Crippen molar-refractivity contribution in [1.82, 2.24) is 5.32 Å². The van der Waals surface area contributed by atoms with E-state index in [2.05, 4.69) is 5.32 Å². The summed E-state index contributed by atoms with van der Waals surface area (Å²) < 4.78 is 27.3. The third-order valence-electron chi connectivity index (χ3n) is 3.83. The van der Waals surface area contributed by atoms with Crippen LogP contribution in [0.4, 0.5) is 8.78 Å². The van der Waals surface area contributed by atoms with E-state index in [9.17, 15) is 8.78 Å². The molecule has 1 aliphatic carbocycles. The van der Waals surface area contributed by atoms with Gasteiger partial charge in [0.15, 0.2) is 0 Å². The highest BCUT2D eigenvalue weighted by atomic mass is 19.1. The van der Waals surface area contributed by atoms with Gasteiger partial charge in [-0.15, -0.1) is 0 Å². The van der Waals surface area contributed by atoms with Gasteiger partial charge in [-0.05, 0) is 43.9 Å². The SMILES string of the molecule is CNCC1(Cc2c(F)cccc2F)CCCC1. The Morgan fingerprint density at radius 2 is 1.76 bits per heavy atom. The number of rotatable bonds is 4. The Balaban J connectivity index is 2.23. The lowest BCUT2D eigenvalue weighted by Crippen LogP contribution is -2.32. The van der Waals surface area contributed by atoms with E-state index in [1.165, 1.54) is 18.2 Å². The molecule has 1 aromatic carbocycles. The molecule has 0 radical (unpaired) electrons. The third kappa shape index (κ3) is 2.65. The molecule has 0 bridgehead atoms. The van der Waals surface area contributed by atoms with Crippen molar-refractivity contribution < 1.29 is 8.78 Å². The van der Waals surface area contributed by atoms with Gasteiger partial charge in [-0.25, -0.2) is 8.78 Å². The number of benzene rings is 1. The molecule has 0 aliphatic heterocycles. The second kappa shape index (κ2) is 5.13. The number of hydrogen-bond donors (Lipinski definition) is 1. The van der Waals surface area contributed by atoms with Crippen LogP contribution in [0.25, 0.3) is 0 Å². The van der Waals surface area contributed by atoms with E-state index in [0.29, 0.717) is 6.42 Å². The van der Waals surface area contributed by atoms with Crippen LogP contribution < -0.4 is 5.32 Å². The molecule has 17 heavy (non-hydrogen) atoms. The van der Waals surface area contributed by atoms with Crippen molar-refractivity contribution in [1.29, 1.82) is 0 Å². The lowest BCUT2D eigenvalue weighted by molar-refractivity contribution is 0.278. The van der Waals surface area contributed by atoms with Gasteiger partial charge in [-0.2, -0.15) is 0 Å². The zero-order valence-electron chi connectivity index (χ0n) is 10.2. The highest BCUT2D eigenvalue weighted by molar-refractivity contribution is 5.21. The minimum absolute atomic E-state index is 0.0395. The van der Waals surface area contributed by atoms with Crippen LogP contribution >= 0.6 is 0 Å². The minimum atomic E-state index is -0.410. The monoisotopic (exact) mass is 239 g/mol. The third-order valence-corrected chi connectivity index (χ3v) is 3.83. The first kappa shape index (κ1) is 12.5. The summed E-state index contributed by atoms with van der Waals surface area (Å²) in [4.78, 5) is 0. The van der Waals surface area contributed by atoms with E-state index in [1.54, 1.807) is 0 Å². The number of halogens is 2. The fourth-order valence-corrected chi connectivity index (χ4v) is 2.99. The fraction of sp³-hybridized carbons (Fsp3) is 0.571. The molecule has 0 atom stereocenters. The molecule has 94 valence electrons. The van der Waals surface area contributed by atoms with E-state index in [4.69, 9.17) is 0 Å². The Labute approximate surface area is 101 Å². The maximum absolute atomic E-state index is 13.7. The zero-order valence-corrected chi connectivity index (χ0v) is 10.2. The van der Waals surface area contributed by atoms with Gasteiger partial charge in [0.25, 0.3) is 0 Å². The summed E-state index contributed by atoms with van der Waals surface area (Å²) >= 11 is 0. The summed E-state index contributed by atoms with van der Waals surface area (Å²) in [6.45, 7) is 0.834. The molecule has 3 heteroatoms. The summed E-state index contributed by atoms with van der Waals surface area (Å²) in [5.41, 5.74) is 0.294. The van der Waals surface area contributed by atoms with Gasteiger partial charge in [0.1, 0.15) is 11.6 Å². The molecular formula is C14H19F2N. The van der Waals surface area contributed by atoms with Gasteiger partial charge in [0.05, 0.1) is 0 Å². The van der Waals surface area contributed by atoms with Crippen molar-refractivity contribution in [3.63, 3.8) is 0 Å². The van der Waals surface area contributed by atoms with Crippen LogP contribution in [0.2, 0.25) is 0 Å². The van der Waals surface area contributed by atoms with E-state index in [-0.39, 0.29) is 11.0 Å². The molecule has 1 aromatic rings. The Hall–Kier alpha value is -0.960. The highest BCUT2D eigenvalue weighted by Gasteiger charge is 2.34. The first-order chi connectivity index (χ1) is 8.17. The standard InChI is InChI=1S/C14H19F2N/c1-17-10-14(7-2-3-8-14)9-11-12(15)5-4-6-13(11)16/h4-6,17H,2-3,7-10H2,1H3. The van der Waals surface area contributed by atoms with Gasteiger partial charge in [-0.1, -0.05) is 18.9 Å². The molecule has 1 fully saturated rings. The van der Waals surface area contributed by atoms with Gasteiger partial charge >= 0.3 is 0 Å². The second-order valence-electron chi connectivity index (χ2n) is 5.11. The molecule has 1 aliphatic rings. The fourth-order valence-electron chi connectivity index (χ4n) is 2.99. The summed E-state index contributed by atoms with van der Waals surface area (Å²) in [6, 6.07) is 4.12. The lowest BCUT2D eigenvalue weighted by Gasteiger charge is -2.29. The molecule has 0 spiro atoms. The molecule has 1 saturated carbocycles. The molecule has 2 rings (SSSR count). The molecular weight excluding hydrogens is 220 g/mol. The summed E-state index contributed by atoms with van der Waals surface area (Å²) in [5, 5.41) is 3.16. The van der Waals surface area contributed by atoms with E-state index in [1.807, 2.05) is 7.05 Å². The summed E-state index contributed by atoms with van der Waals surface area (Å²) in [7, 11) is 1.90. The molecule has 1 N–H and O–H groups in total. The lowest BCUT2D eigenvalue weighted by atomic mass is 9.79. The van der Waals surface area contributed by atoms with Crippen LogP contribution in [-0.2, 0) is 6.42 Å². The Morgan fingerprint density at radius 1 is 1.18 bits per heavy atom. The quantitative estimate of drug-likeness (QED) is 0.850. The summed E-state index contributed by atoms with van der Waals surface area (Å²) in [6.07, 6.45) is 4.95. The van der Waals surface area contributed by atoms with Crippen LogP contribution in [0.5, 0.6) is 0 Å². The first-order valence-corrected chi connectivity index (χ1v) is 6.24. The molecule has 1 nitrogen and oxygen atoms in total. The average molecular weight is 239 g/mol. The van der Waals surface area contributed by atoms with Crippen LogP contribution in [0.3, 0.4) is 0 Å². The largest absolute Gasteiger partial charge is 0.319 e. The molecule has 0 aromatic heterocycles. The van der Waals surface area contributed by atoms with E-state index >= 15 is 0 Å². The zero-order chi connectivity index (χ0) is 12.3. The van der Waals surface area contributed by atoms with Gasteiger partial charge in [0.2, 0.25) is 0 Å². The Kier molecular flexibility index (Phi) is 3.77. The minimum Gasteiger partial charge on any atom is -0.319 e. The van der Waals surface area contributed by atoms with Crippen molar-refractivity contribution >= 4 is 0 Å². The van der Waals surface area contributed by atoms with Gasteiger partial charge in [0, 0.05) is 12.1 Å². The van der Waals surface area contributed by atoms with Crippen molar-refractivity contribution in [3.8, 4) is 0 Å². The van der Waals surface area contributed by atoms with Crippen LogP contribution in [0.1, 0.15) is 31.2 Å². The molecule has 0 saturated heterocycles. The summed E-state index contributed by atoms with van der Waals surface area (Å²) in [5.74, 6) is -0.820. The van der Waals surface area contributed by atoms with Crippen LogP contribution in [-0.4, -0.2) is 13.6 Å². The molecule has 0 amide bonds.